The molecule has 6 heteroatoms. The fourth-order valence-electron chi connectivity index (χ4n) is 3.90. The Kier molecular flexibility index (Phi) is 4.86. The van der Waals surface area contributed by atoms with E-state index in [2.05, 4.69) is 5.32 Å². The Balaban J connectivity index is 1.75. The van der Waals surface area contributed by atoms with Crippen molar-refractivity contribution in [1.29, 1.82) is 0 Å². The summed E-state index contributed by atoms with van der Waals surface area (Å²) in [7, 11) is 1.60. The highest BCUT2D eigenvalue weighted by molar-refractivity contribution is 5.62. The summed E-state index contributed by atoms with van der Waals surface area (Å²) in [5.41, 5.74) is 2.73. The van der Waals surface area contributed by atoms with E-state index < -0.39 is 11.7 Å². The largest absolute Gasteiger partial charge is 0.508 e. The van der Waals surface area contributed by atoms with Gasteiger partial charge >= 0.3 is 6.18 Å². The molecule has 0 unspecified atom stereocenters. The van der Waals surface area contributed by atoms with Gasteiger partial charge in [0.05, 0.1) is 18.7 Å². The molecule has 4 rings (SSSR count). The second kappa shape index (κ2) is 7.35. The van der Waals surface area contributed by atoms with E-state index in [1.807, 2.05) is 30.3 Å². The standard InChI is InChI=1S/C23H20F3NO2/c1-29-16-10-11-20-19(12-16)18(17-4-2-3-5-22(17)28)13-21(27-20)14-6-8-15(9-7-14)23(24,25)26/h2-12,18,21,27-28H,13H2,1H3/t18-,21+/m1/s1. The molecule has 1 aliphatic heterocycles. The van der Waals surface area contributed by atoms with E-state index in [4.69, 9.17) is 4.74 Å². The first-order valence-corrected chi connectivity index (χ1v) is 9.26. The molecule has 0 spiro atoms. The van der Waals surface area contributed by atoms with Crippen molar-refractivity contribution in [1.82, 2.24) is 0 Å². The highest BCUT2D eigenvalue weighted by Crippen LogP contribution is 2.47. The monoisotopic (exact) mass is 399 g/mol. The van der Waals surface area contributed by atoms with Crippen LogP contribution >= 0.6 is 0 Å². The molecule has 0 aromatic heterocycles. The summed E-state index contributed by atoms with van der Waals surface area (Å²) in [5, 5.41) is 13.8. The minimum atomic E-state index is -4.36. The van der Waals surface area contributed by atoms with E-state index in [0.717, 1.165) is 34.5 Å². The Morgan fingerprint density at radius 2 is 1.69 bits per heavy atom. The number of rotatable bonds is 3. The van der Waals surface area contributed by atoms with Gasteiger partial charge in [-0.05, 0) is 53.9 Å². The molecule has 2 atom stereocenters. The number of halogens is 3. The molecule has 0 fully saturated rings. The van der Waals surface area contributed by atoms with Gasteiger partial charge in [0.15, 0.2) is 0 Å². The van der Waals surface area contributed by atoms with Gasteiger partial charge in [0.1, 0.15) is 11.5 Å². The Bertz CT molecular complexity index is 1020. The van der Waals surface area contributed by atoms with Gasteiger partial charge in [0, 0.05) is 17.2 Å². The highest BCUT2D eigenvalue weighted by Gasteiger charge is 2.33. The Hall–Kier alpha value is -3.15. The van der Waals surface area contributed by atoms with Gasteiger partial charge in [-0.25, -0.2) is 0 Å². The van der Waals surface area contributed by atoms with Gasteiger partial charge in [0.2, 0.25) is 0 Å². The topological polar surface area (TPSA) is 41.5 Å². The zero-order valence-corrected chi connectivity index (χ0v) is 15.7. The molecule has 3 aromatic rings. The molecule has 2 N–H and O–H groups in total. The molecule has 29 heavy (non-hydrogen) atoms. The van der Waals surface area contributed by atoms with Crippen LogP contribution in [-0.2, 0) is 6.18 Å². The van der Waals surface area contributed by atoms with Crippen molar-refractivity contribution in [2.45, 2.75) is 24.6 Å². The van der Waals surface area contributed by atoms with E-state index in [1.165, 1.54) is 12.1 Å². The van der Waals surface area contributed by atoms with Crippen LogP contribution in [0.5, 0.6) is 11.5 Å². The number of ether oxygens (including phenoxy) is 1. The molecule has 150 valence electrons. The Labute approximate surface area is 166 Å². The van der Waals surface area contributed by atoms with Crippen molar-refractivity contribution in [2.24, 2.45) is 0 Å². The zero-order valence-electron chi connectivity index (χ0n) is 15.7. The maximum atomic E-state index is 12.9. The molecule has 0 saturated heterocycles. The first-order valence-electron chi connectivity index (χ1n) is 9.26. The van der Waals surface area contributed by atoms with E-state index in [9.17, 15) is 18.3 Å². The zero-order chi connectivity index (χ0) is 20.6. The maximum Gasteiger partial charge on any atom is 0.416 e. The van der Waals surface area contributed by atoms with Crippen LogP contribution in [0.2, 0.25) is 0 Å². The third kappa shape index (κ3) is 3.75. The number of hydrogen-bond acceptors (Lipinski definition) is 3. The molecule has 1 heterocycles. The highest BCUT2D eigenvalue weighted by atomic mass is 19.4. The summed E-state index contributed by atoms with van der Waals surface area (Å²) in [6.07, 6.45) is -3.77. The molecular formula is C23H20F3NO2. The number of phenolic OH excluding ortho intramolecular Hbond substituents is 1. The summed E-state index contributed by atoms with van der Waals surface area (Å²) in [5.74, 6) is 0.771. The first kappa shape index (κ1) is 19.2. The number of hydrogen-bond donors (Lipinski definition) is 2. The fraction of sp³-hybridized carbons (Fsp3) is 0.217. The van der Waals surface area contributed by atoms with Crippen LogP contribution in [0.1, 0.15) is 40.6 Å². The number of aromatic hydroxyl groups is 1. The van der Waals surface area contributed by atoms with Gasteiger partial charge in [-0.2, -0.15) is 13.2 Å². The first-order chi connectivity index (χ1) is 13.9. The van der Waals surface area contributed by atoms with Crippen LogP contribution in [0.4, 0.5) is 18.9 Å². The van der Waals surface area contributed by atoms with E-state index in [0.29, 0.717) is 12.2 Å². The molecule has 0 aliphatic carbocycles. The second-order valence-corrected chi connectivity index (χ2v) is 7.12. The van der Waals surface area contributed by atoms with Crippen molar-refractivity contribution in [3.05, 3.63) is 89.0 Å². The third-order valence-corrected chi connectivity index (χ3v) is 5.39. The molecular weight excluding hydrogens is 379 g/mol. The smallest absolute Gasteiger partial charge is 0.416 e. The van der Waals surface area contributed by atoms with Crippen molar-refractivity contribution in [3.8, 4) is 11.5 Å². The van der Waals surface area contributed by atoms with Gasteiger partial charge in [-0.3, -0.25) is 0 Å². The Morgan fingerprint density at radius 3 is 2.34 bits per heavy atom. The van der Waals surface area contributed by atoms with Crippen LogP contribution < -0.4 is 10.1 Å². The van der Waals surface area contributed by atoms with E-state index in [-0.39, 0.29) is 17.7 Å². The van der Waals surface area contributed by atoms with Crippen LogP contribution in [0.3, 0.4) is 0 Å². The van der Waals surface area contributed by atoms with Crippen LogP contribution in [0.25, 0.3) is 0 Å². The molecule has 3 aromatic carbocycles. The predicted molar refractivity (Wildman–Crippen MR) is 105 cm³/mol. The third-order valence-electron chi connectivity index (χ3n) is 5.39. The lowest BCUT2D eigenvalue weighted by molar-refractivity contribution is -0.137. The molecule has 0 bridgehead atoms. The lowest BCUT2D eigenvalue weighted by Crippen LogP contribution is -2.22. The van der Waals surface area contributed by atoms with Gasteiger partial charge in [0.25, 0.3) is 0 Å². The van der Waals surface area contributed by atoms with Crippen molar-refractivity contribution >= 4 is 5.69 Å². The molecule has 1 aliphatic rings. The summed E-state index contributed by atoms with van der Waals surface area (Å²) in [4.78, 5) is 0. The quantitative estimate of drug-likeness (QED) is 0.558. The maximum absolute atomic E-state index is 12.9. The fourth-order valence-corrected chi connectivity index (χ4v) is 3.90. The summed E-state index contributed by atoms with van der Waals surface area (Å²) in [6, 6.07) is 17.9. The number of alkyl halides is 3. The van der Waals surface area contributed by atoms with Crippen LogP contribution in [0.15, 0.2) is 66.7 Å². The number of phenols is 1. The lowest BCUT2D eigenvalue weighted by Gasteiger charge is -2.34. The van der Waals surface area contributed by atoms with Crippen LogP contribution in [0, 0.1) is 0 Å². The number of para-hydroxylation sites is 1. The molecule has 0 radical (unpaired) electrons. The van der Waals surface area contributed by atoms with Crippen LogP contribution in [-0.4, -0.2) is 12.2 Å². The summed E-state index contributed by atoms with van der Waals surface area (Å²) >= 11 is 0. The Morgan fingerprint density at radius 1 is 0.966 bits per heavy atom. The van der Waals surface area contributed by atoms with E-state index >= 15 is 0 Å². The van der Waals surface area contributed by atoms with Crippen molar-refractivity contribution in [2.75, 3.05) is 12.4 Å². The number of methoxy groups -OCH3 is 1. The van der Waals surface area contributed by atoms with Crippen molar-refractivity contribution < 1.29 is 23.0 Å². The minimum Gasteiger partial charge on any atom is -0.508 e. The van der Waals surface area contributed by atoms with Crippen molar-refractivity contribution in [3.63, 3.8) is 0 Å². The number of anilines is 1. The molecule has 3 nitrogen and oxygen atoms in total. The normalized spacial score (nSPS) is 18.6. The number of benzene rings is 3. The van der Waals surface area contributed by atoms with E-state index in [1.54, 1.807) is 19.2 Å². The number of nitrogens with one attached hydrogen (secondary N) is 1. The number of fused-ring (bicyclic) bond motifs is 1. The summed E-state index contributed by atoms with van der Waals surface area (Å²) in [6.45, 7) is 0. The average molecular weight is 399 g/mol. The second-order valence-electron chi connectivity index (χ2n) is 7.12. The average Bonchev–Trinajstić information content (AvgIpc) is 2.72. The molecule has 0 amide bonds. The minimum absolute atomic E-state index is 0.130. The predicted octanol–water partition coefficient (Wildman–Crippen LogP) is 6.11. The summed E-state index contributed by atoms with van der Waals surface area (Å²) < 4.78 is 44.1. The SMILES string of the molecule is COc1ccc2c(c1)[C@@H](c1ccccc1O)C[C@@H](c1ccc(C(F)(F)F)cc1)N2. The van der Waals surface area contributed by atoms with Gasteiger partial charge in [-0.15, -0.1) is 0 Å². The van der Waals surface area contributed by atoms with Gasteiger partial charge in [-0.1, -0.05) is 30.3 Å². The lowest BCUT2D eigenvalue weighted by atomic mass is 9.80. The molecule has 0 saturated carbocycles. The van der Waals surface area contributed by atoms with Gasteiger partial charge < -0.3 is 15.2 Å².